The lowest BCUT2D eigenvalue weighted by Crippen LogP contribution is -2.36. The number of nitrogens with one attached hydrogen (secondary N) is 2. The van der Waals surface area contributed by atoms with Gasteiger partial charge in [-0.25, -0.2) is 15.0 Å². The highest BCUT2D eigenvalue weighted by atomic mass is 19.3. The van der Waals surface area contributed by atoms with Crippen molar-refractivity contribution in [1.29, 1.82) is 0 Å². The maximum Gasteiger partial charge on any atom is 0.387 e. The van der Waals surface area contributed by atoms with E-state index in [2.05, 4.69) is 30.0 Å². The Balaban J connectivity index is 1.60. The predicted molar refractivity (Wildman–Crippen MR) is 94.6 cm³/mol. The predicted octanol–water partition coefficient (Wildman–Crippen LogP) is 2.27. The molecular weight excluding hydrogens is 358 g/mol. The van der Waals surface area contributed by atoms with Crippen molar-refractivity contribution in [2.75, 3.05) is 18.5 Å². The normalized spacial score (nSPS) is 12.2. The van der Waals surface area contributed by atoms with Crippen LogP contribution in [0.3, 0.4) is 0 Å². The Kier molecular flexibility index (Phi) is 5.43. The molecule has 3 rings (SSSR count). The number of halogens is 2. The van der Waals surface area contributed by atoms with Crippen molar-refractivity contribution >= 4 is 22.9 Å². The Morgan fingerprint density at radius 1 is 1.26 bits per heavy atom. The first kappa shape index (κ1) is 18.5. The highest BCUT2D eigenvalue weighted by Gasteiger charge is 2.16. The molecule has 0 radical (unpaired) electrons. The van der Waals surface area contributed by atoms with Crippen molar-refractivity contribution in [3.05, 3.63) is 42.5 Å². The van der Waals surface area contributed by atoms with Gasteiger partial charge in [-0.05, 0) is 24.6 Å². The van der Waals surface area contributed by atoms with E-state index in [4.69, 9.17) is 0 Å². The first-order valence-corrected chi connectivity index (χ1v) is 8.13. The molecule has 1 unspecified atom stereocenters. The number of rotatable bonds is 7. The van der Waals surface area contributed by atoms with Gasteiger partial charge in [0.1, 0.15) is 17.6 Å². The largest absolute Gasteiger partial charge is 0.435 e. The highest BCUT2D eigenvalue weighted by molar-refractivity contribution is 5.87. The fourth-order valence-corrected chi connectivity index (χ4v) is 2.64. The lowest BCUT2D eigenvalue weighted by atomic mass is 10.1. The summed E-state index contributed by atoms with van der Waals surface area (Å²) in [6.07, 6.45) is 2.90. The number of H-pyrrole nitrogens is 1. The van der Waals surface area contributed by atoms with E-state index in [1.165, 1.54) is 24.8 Å². The minimum absolute atomic E-state index is 0.0688. The van der Waals surface area contributed by atoms with Crippen LogP contribution in [0.4, 0.5) is 14.6 Å². The van der Waals surface area contributed by atoms with E-state index in [9.17, 15) is 13.6 Å². The number of carbonyl (C=O) groups excluding carboxylic acids is 1. The maximum atomic E-state index is 12.4. The highest BCUT2D eigenvalue weighted by Crippen LogP contribution is 2.20. The zero-order valence-electron chi connectivity index (χ0n) is 14.7. The van der Waals surface area contributed by atoms with E-state index >= 15 is 0 Å². The van der Waals surface area contributed by atoms with E-state index in [-0.39, 0.29) is 24.2 Å². The number of fused-ring (bicyclic) bond motifs is 1. The number of likely N-dealkylation sites (N-methyl/N-ethyl adjacent to an activating group) is 1. The number of imidazole rings is 1. The molecular formula is C17H18F2N6O2. The number of hydrogen-bond donors (Lipinski definition) is 2. The third kappa shape index (κ3) is 4.46. The number of aromatic nitrogens is 4. The van der Waals surface area contributed by atoms with E-state index in [0.29, 0.717) is 17.0 Å². The molecule has 27 heavy (non-hydrogen) atoms. The summed E-state index contributed by atoms with van der Waals surface area (Å²) in [5, 5.41) is 2.86. The van der Waals surface area contributed by atoms with E-state index in [0.717, 1.165) is 5.56 Å². The molecule has 0 aliphatic rings. The monoisotopic (exact) mass is 376 g/mol. The summed E-state index contributed by atoms with van der Waals surface area (Å²) in [6, 6.07) is 5.83. The quantitative estimate of drug-likeness (QED) is 0.657. The molecule has 142 valence electrons. The van der Waals surface area contributed by atoms with Crippen molar-refractivity contribution in [3.63, 3.8) is 0 Å². The average molecular weight is 376 g/mol. The number of hydrogen-bond acceptors (Lipinski definition) is 6. The van der Waals surface area contributed by atoms with Gasteiger partial charge in [0.2, 0.25) is 5.91 Å². The van der Waals surface area contributed by atoms with Gasteiger partial charge >= 0.3 is 6.61 Å². The molecule has 2 heterocycles. The van der Waals surface area contributed by atoms with Gasteiger partial charge in [-0.1, -0.05) is 12.1 Å². The van der Waals surface area contributed by atoms with Crippen molar-refractivity contribution in [1.82, 2.24) is 25.3 Å². The maximum absolute atomic E-state index is 12.4. The first-order valence-electron chi connectivity index (χ1n) is 8.13. The van der Waals surface area contributed by atoms with Crippen LogP contribution in [-0.4, -0.2) is 46.0 Å². The molecule has 0 bridgehead atoms. The SMILES string of the molecule is CC(NC(=O)CN(C)c1ncnc2nc[nH]c12)c1ccc(OC(F)F)cc1. The summed E-state index contributed by atoms with van der Waals surface area (Å²) in [7, 11) is 1.74. The number of ether oxygens (including phenoxy) is 1. The van der Waals surface area contributed by atoms with Crippen molar-refractivity contribution in [2.45, 2.75) is 19.6 Å². The summed E-state index contributed by atoms with van der Waals surface area (Å²) in [5.74, 6) is 0.414. The minimum atomic E-state index is -2.87. The van der Waals surface area contributed by atoms with E-state index in [1.807, 2.05) is 0 Å². The fraction of sp³-hybridized carbons (Fsp3) is 0.294. The fourth-order valence-electron chi connectivity index (χ4n) is 2.64. The van der Waals surface area contributed by atoms with Crippen LogP contribution in [0, 0.1) is 0 Å². The number of alkyl halides is 2. The Morgan fingerprint density at radius 3 is 2.70 bits per heavy atom. The van der Waals surface area contributed by atoms with Gasteiger partial charge in [0, 0.05) is 7.05 Å². The molecule has 0 spiro atoms. The molecule has 2 N–H and O–H groups in total. The Bertz CT molecular complexity index is 915. The van der Waals surface area contributed by atoms with Crippen molar-refractivity contribution in [2.24, 2.45) is 0 Å². The van der Waals surface area contributed by atoms with Gasteiger partial charge in [-0.2, -0.15) is 8.78 Å². The first-order chi connectivity index (χ1) is 12.9. The average Bonchev–Trinajstić information content (AvgIpc) is 3.10. The summed E-state index contributed by atoms with van der Waals surface area (Å²) in [4.78, 5) is 29.3. The molecule has 0 saturated carbocycles. The zero-order chi connectivity index (χ0) is 19.4. The van der Waals surface area contributed by atoms with Gasteiger partial charge in [-0.3, -0.25) is 4.79 Å². The lowest BCUT2D eigenvalue weighted by Gasteiger charge is -2.20. The van der Waals surface area contributed by atoms with Crippen LogP contribution in [-0.2, 0) is 4.79 Å². The number of amides is 1. The van der Waals surface area contributed by atoms with Gasteiger partial charge in [0.15, 0.2) is 11.5 Å². The number of nitrogens with zero attached hydrogens (tertiary/aromatic N) is 4. The summed E-state index contributed by atoms with van der Waals surface area (Å²) in [6.45, 7) is -0.993. The molecule has 2 aromatic heterocycles. The smallest absolute Gasteiger partial charge is 0.387 e. The molecule has 3 aromatic rings. The molecule has 1 aromatic carbocycles. The number of benzene rings is 1. The Morgan fingerprint density at radius 2 is 2.00 bits per heavy atom. The van der Waals surface area contributed by atoms with Crippen molar-refractivity contribution in [3.8, 4) is 5.75 Å². The van der Waals surface area contributed by atoms with Crippen LogP contribution in [0.25, 0.3) is 11.2 Å². The van der Waals surface area contributed by atoms with Gasteiger partial charge in [0.05, 0.1) is 18.9 Å². The van der Waals surface area contributed by atoms with Crippen LogP contribution >= 0.6 is 0 Å². The van der Waals surface area contributed by atoms with Crippen LogP contribution in [0.1, 0.15) is 18.5 Å². The molecule has 0 aliphatic heterocycles. The lowest BCUT2D eigenvalue weighted by molar-refractivity contribution is -0.120. The molecule has 1 amide bonds. The Hall–Kier alpha value is -3.30. The van der Waals surface area contributed by atoms with E-state index in [1.54, 1.807) is 31.0 Å². The minimum Gasteiger partial charge on any atom is -0.435 e. The van der Waals surface area contributed by atoms with E-state index < -0.39 is 6.61 Å². The van der Waals surface area contributed by atoms with Gasteiger partial charge in [-0.15, -0.1) is 0 Å². The topological polar surface area (TPSA) is 96.0 Å². The molecule has 0 aliphatic carbocycles. The summed E-state index contributed by atoms with van der Waals surface area (Å²) < 4.78 is 28.7. The van der Waals surface area contributed by atoms with Gasteiger partial charge in [0.25, 0.3) is 0 Å². The number of carbonyl (C=O) groups is 1. The summed E-state index contributed by atoms with van der Waals surface area (Å²) in [5.41, 5.74) is 1.94. The molecule has 1 atom stereocenters. The molecule has 8 nitrogen and oxygen atoms in total. The second kappa shape index (κ2) is 7.94. The summed E-state index contributed by atoms with van der Waals surface area (Å²) >= 11 is 0. The third-order valence-corrected chi connectivity index (χ3v) is 3.93. The third-order valence-electron chi connectivity index (χ3n) is 3.93. The van der Waals surface area contributed by atoms with Crippen LogP contribution in [0.2, 0.25) is 0 Å². The molecule has 0 fully saturated rings. The van der Waals surface area contributed by atoms with Crippen LogP contribution in [0.5, 0.6) is 5.75 Å². The zero-order valence-corrected chi connectivity index (χ0v) is 14.7. The van der Waals surface area contributed by atoms with Crippen LogP contribution in [0.15, 0.2) is 36.9 Å². The number of anilines is 1. The standard InChI is InChI=1S/C17H18F2N6O2/c1-10(11-3-5-12(6-4-11)27-17(18)19)24-13(26)7-25(2)16-14-15(21-8-20-14)22-9-23-16/h3-6,8-10,17H,7H2,1-2H3,(H,24,26)(H,20,21,22,23). The second-order valence-corrected chi connectivity index (χ2v) is 5.89. The van der Waals surface area contributed by atoms with Crippen LogP contribution < -0.4 is 15.0 Å². The molecule has 0 saturated heterocycles. The molecule has 10 heteroatoms. The second-order valence-electron chi connectivity index (χ2n) is 5.89. The van der Waals surface area contributed by atoms with Gasteiger partial charge < -0.3 is 19.9 Å². The number of aromatic amines is 1. The van der Waals surface area contributed by atoms with Crippen molar-refractivity contribution < 1.29 is 18.3 Å². The Labute approximate surface area is 153 Å².